The first-order valence-corrected chi connectivity index (χ1v) is 7.22. The number of amides is 1. The van der Waals surface area contributed by atoms with Crippen molar-refractivity contribution >= 4 is 40.2 Å². The predicted octanol–water partition coefficient (Wildman–Crippen LogP) is 4.57. The molecular formula is C15H16Cl2N2O2. The molecule has 1 aromatic heterocycles. The van der Waals surface area contributed by atoms with Crippen molar-refractivity contribution in [3.8, 4) is 0 Å². The molecule has 0 unspecified atom stereocenters. The van der Waals surface area contributed by atoms with Gasteiger partial charge in [-0.25, -0.2) is 9.78 Å². The fourth-order valence-electron chi connectivity index (χ4n) is 1.79. The van der Waals surface area contributed by atoms with Crippen LogP contribution in [-0.4, -0.2) is 16.7 Å². The van der Waals surface area contributed by atoms with Crippen LogP contribution in [0.5, 0.6) is 0 Å². The number of hydrogen-bond donors (Lipinski definition) is 1. The number of pyridine rings is 1. The summed E-state index contributed by atoms with van der Waals surface area (Å²) < 4.78 is 5.17. The number of ether oxygens (including phenoxy) is 1. The number of benzene rings is 1. The van der Waals surface area contributed by atoms with Gasteiger partial charge in [0.05, 0.1) is 10.5 Å². The molecule has 0 radical (unpaired) electrons. The molecule has 6 heteroatoms. The van der Waals surface area contributed by atoms with Crippen molar-refractivity contribution in [2.45, 2.75) is 32.9 Å². The highest BCUT2D eigenvalue weighted by Crippen LogP contribution is 2.26. The van der Waals surface area contributed by atoms with Crippen molar-refractivity contribution in [3.05, 3.63) is 40.0 Å². The van der Waals surface area contributed by atoms with Gasteiger partial charge in [0, 0.05) is 17.5 Å². The van der Waals surface area contributed by atoms with Crippen LogP contribution in [0.25, 0.3) is 10.9 Å². The van der Waals surface area contributed by atoms with Crippen molar-refractivity contribution in [1.82, 2.24) is 10.3 Å². The van der Waals surface area contributed by atoms with Crippen LogP contribution in [0.1, 0.15) is 26.3 Å². The van der Waals surface area contributed by atoms with Gasteiger partial charge in [0.15, 0.2) is 0 Å². The number of fused-ring (bicyclic) bond motifs is 1. The molecule has 2 aromatic rings. The van der Waals surface area contributed by atoms with E-state index in [1.54, 1.807) is 26.8 Å². The smallest absolute Gasteiger partial charge is 0.407 e. The van der Waals surface area contributed by atoms with Gasteiger partial charge in [-0.15, -0.1) is 0 Å². The van der Waals surface area contributed by atoms with E-state index in [-0.39, 0.29) is 6.54 Å². The summed E-state index contributed by atoms with van der Waals surface area (Å²) in [6.07, 6.45) is -0.496. The lowest BCUT2D eigenvalue weighted by Gasteiger charge is -2.19. The number of nitrogens with one attached hydrogen (secondary N) is 1. The second kappa shape index (κ2) is 6.08. The first-order chi connectivity index (χ1) is 9.76. The number of alkyl carbamates (subject to hydrolysis) is 1. The van der Waals surface area contributed by atoms with Gasteiger partial charge in [0.1, 0.15) is 10.8 Å². The maximum atomic E-state index is 11.6. The first-order valence-electron chi connectivity index (χ1n) is 6.47. The Balaban J connectivity index is 2.16. The molecule has 1 aromatic carbocycles. The minimum Gasteiger partial charge on any atom is -0.444 e. The van der Waals surface area contributed by atoms with E-state index in [0.717, 1.165) is 5.39 Å². The second-order valence-corrected chi connectivity index (χ2v) is 6.37. The molecule has 0 aliphatic carbocycles. The fraction of sp³-hybridized carbons (Fsp3) is 0.333. The lowest BCUT2D eigenvalue weighted by atomic mass is 10.1. The van der Waals surface area contributed by atoms with Gasteiger partial charge in [-0.3, -0.25) is 0 Å². The molecule has 21 heavy (non-hydrogen) atoms. The van der Waals surface area contributed by atoms with E-state index in [9.17, 15) is 4.79 Å². The number of carbonyl (C=O) groups excluding carboxylic acids is 1. The van der Waals surface area contributed by atoms with Gasteiger partial charge in [-0.05, 0) is 32.9 Å². The minimum atomic E-state index is -0.539. The summed E-state index contributed by atoms with van der Waals surface area (Å²) in [5, 5.41) is 4.38. The molecule has 0 bridgehead atoms. The van der Waals surface area contributed by atoms with Crippen molar-refractivity contribution in [2.24, 2.45) is 0 Å². The SMILES string of the molecule is CC(C)(C)OC(=O)NCc1cc2cccc(Cl)c2nc1Cl. The van der Waals surface area contributed by atoms with E-state index in [2.05, 4.69) is 10.3 Å². The molecule has 0 fully saturated rings. The number of aromatic nitrogens is 1. The molecule has 1 amide bonds. The Morgan fingerprint density at radius 2 is 2.05 bits per heavy atom. The Labute approximate surface area is 133 Å². The maximum Gasteiger partial charge on any atom is 0.407 e. The number of halogens is 2. The maximum absolute atomic E-state index is 11.6. The standard InChI is InChI=1S/C15H16Cl2N2O2/c1-15(2,3)21-14(20)18-8-10-7-9-5-4-6-11(16)12(9)19-13(10)17/h4-7H,8H2,1-3H3,(H,18,20). The third kappa shape index (κ3) is 4.22. The molecule has 1 N–H and O–H groups in total. The highest BCUT2D eigenvalue weighted by atomic mass is 35.5. The van der Waals surface area contributed by atoms with E-state index >= 15 is 0 Å². The van der Waals surface area contributed by atoms with Gasteiger partial charge in [-0.1, -0.05) is 35.3 Å². The molecular weight excluding hydrogens is 311 g/mol. The average Bonchev–Trinajstić information content (AvgIpc) is 2.35. The van der Waals surface area contributed by atoms with Gasteiger partial charge < -0.3 is 10.1 Å². The molecule has 0 spiro atoms. The van der Waals surface area contributed by atoms with Crippen LogP contribution in [-0.2, 0) is 11.3 Å². The zero-order valence-corrected chi connectivity index (χ0v) is 13.5. The summed E-state index contributed by atoms with van der Waals surface area (Å²) in [4.78, 5) is 15.9. The van der Waals surface area contributed by atoms with Crippen molar-refractivity contribution in [3.63, 3.8) is 0 Å². The van der Waals surface area contributed by atoms with E-state index in [0.29, 0.717) is 21.3 Å². The number of para-hydroxylation sites is 1. The lowest BCUT2D eigenvalue weighted by molar-refractivity contribution is 0.0523. The molecule has 112 valence electrons. The molecule has 0 aliphatic heterocycles. The van der Waals surface area contributed by atoms with Crippen LogP contribution >= 0.6 is 23.2 Å². The second-order valence-electron chi connectivity index (χ2n) is 5.61. The van der Waals surface area contributed by atoms with Gasteiger partial charge in [0.25, 0.3) is 0 Å². The number of rotatable bonds is 2. The van der Waals surface area contributed by atoms with Crippen LogP contribution < -0.4 is 5.32 Å². The lowest BCUT2D eigenvalue weighted by Crippen LogP contribution is -2.32. The van der Waals surface area contributed by atoms with Gasteiger partial charge in [-0.2, -0.15) is 0 Å². The number of carbonyl (C=O) groups is 1. The molecule has 0 atom stereocenters. The third-order valence-electron chi connectivity index (χ3n) is 2.64. The third-order valence-corrected chi connectivity index (χ3v) is 3.28. The van der Waals surface area contributed by atoms with Crippen LogP contribution in [0, 0.1) is 0 Å². The fourth-order valence-corrected chi connectivity index (χ4v) is 2.22. The highest BCUT2D eigenvalue weighted by Gasteiger charge is 2.16. The van der Waals surface area contributed by atoms with E-state index < -0.39 is 11.7 Å². The molecule has 0 saturated carbocycles. The Kier molecular flexibility index (Phi) is 4.59. The van der Waals surface area contributed by atoms with E-state index in [1.807, 2.05) is 18.2 Å². The Morgan fingerprint density at radius 3 is 2.71 bits per heavy atom. The summed E-state index contributed by atoms with van der Waals surface area (Å²) in [5.74, 6) is 0. The van der Waals surface area contributed by atoms with Gasteiger partial charge >= 0.3 is 6.09 Å². The van der Waals surface area contributed by atoms with Crippen molar-refractivity contribution < 1.29 is 9.53 Å². The molecule has 2 rings (SSSR count). The number of nitrogens with zero attached hydrogens (tertiary/aromatic N) is 1. The van der Waals surface area contributed by atoms with E-state index in [1.165, 1.54) is 0 Å². The van der Waals surface area contributed by atoms with Crippen LogP contribution in [0.15, 0.2) is 24.3 Å². The summed E-state index contributed by atoms with van der Waals surface area (Å²) in [7, 11) is 0. The highest BCUT2D eigenvalue weighted by molar-refractivity contribution is 6.35. The first kappa shape index (κ1) is 15.9. The average molecular weight is 327 g/mol. The quantitative estimate of drug-likeness (QED) is 0.822. The summed E-state index contributed by atoms with van der Waals surface area (Å²) >= 11 is 12.2. The molecule has 4 nitrogen and oxygen atoms in total. The Morgan fingerprint density at radius 1 is 1.33 bits per heavy atom. The molecule has 1 heterocycles. The van der Waals surface area contributed by atoms with Crippen LogP contribution in [0.4, 0.5) is 4.79 Å². The topological polar surface area (TPSA) is 51.2 Å². The van der Waals surface area contributed by atoms with Gasteiger partial charge in [0.2, 0.25) is 0 Å². The van der Waals surface area contributed by atoms with E-state index in [4.69, 9.17) is 27.9 Å². The van der Waals surface area contributed by atoms with Crippen molar-refractivity contribution in [1.29, 1.82) is 0 Å². The Bertz CT molecular complexity index is 681. The summed E-state index contributed by atoms with van der Waals surface area (Å²) in [6, 6.07) is 7.34. The van der Waals surface area contributed by atoms with Crippen molar-refractivity contribution in [2.75, 3.05) is 0 Å². The summed E-state index contributed by atoms with van der Waals surface area (Å²) in [6.45, 7) is 5.65. The van der Waals surface area contributed by atoms with Crippen LogP contribution in [0.3, 0.4) is 0 Å². The molecule has 0 saturated heterocycles. The Hall–Kier alpha value is -1.52. The zero-order valence-electron chi connectivity index (χ0n) is 12.0. The zero-order chi connectivity index (χ0) is 15.6. The monoisotopic (exact) mass is 326 g/mol. The minimum absolute atomic E-state index is 0.239. The molecule has 0 aliphatic rings. The largest absolute Gasteiger partial charge is 0.444 e. The number of hydrogen-bond acceptors (Lipinski definition) is 3. The normalized spacial score (nSPS) is 11.5. The van der Waals surface area contributed by atoms with Crippen LogP contribution in [0.2, 0.25) is 10.2 Å². The predicted molar refractivity (Wildman–Crippen MR) is 84.8 cm³/mol. The summed E-state index contributed by atoms with van der Waals surface area (Å²) in [5.41, 5.74) is 0.811.